The minimum atomic E-state index is -0.586. The van der Waals surface area contributed by atoms with E-state index in [1.165, 1.54) is 14.2 Å². The fraction of sp³-hybridized carbons (Fsp3) is 0.250. The van der Waals surface area contributed by atoms with Crippen LogP contribution in [0, 0.1) is 0 Å². The summed E-state index contributed by atoms with van der Waals surface area (Å²) in [6.07, 6.45) is 1.62. The summed E-state index contributed by atoms with van der Waals surface area (Å²) >= 11 is 0. The number of oxime groups is 2. The summed E-state index contributed by atoms with van der Waals surface area (Å²) in [6.45, 7) is 4.18. The number of benzene rings is 2. The molecule has 0 saturated carbocycles. The Balaban J connectivity index is 0.00000163. The van der Waals surface area contributed by atoms with Crippen molar-refractivity contribution in [1.82, 2.24) is 0 Å². The molecule has 0 saturated heterocycles. The molecule has 0 amide bonds. The minimum Gasteiger partial charge on any atom is -0.464 e. The molecule has 0 bridgehead atoms. The first-order chi connectivity index (χ1) is 12.8. The molecule has 0 atom stereocenters. The van der Waals surface area contributed by atoms with Crippen molar-refractivity contribution in [3.8, 4) is 0 Å². The molecular weight excluding hydrogens is 332 g/mol. The van der Waals surface area contributed by atoms with Gasteiger partial charge in [0.2, 0.25) is 0 Å². The number of nitrogens with zero attached hydrogens (tertiary/aromatic N) is 2. The summed E-state index contributed by atoms with van der Waals surface area (Å²) in [7, 11) is 2.66. The number of carbonyl (C=O) groups is 1. The van der Waals surface area contributed by atoms with Crippen LogP contribution in [0.5, 0.6) is 0 Å². The zero-order valence-electron chi connectivity index (χ0n) is 15.5. The quantitative estimate of drug-likeness (QED) is 0.430. The van der Waals surface area contributed by atoms with Crippen molar-refractivity contribution >= 4 is 17.9 Å². The predicted octanol–water partition coefficient (Wildman–Crippen LogP) is 3.79. The van der Waals surface area contributed by atoms with Gasteiger partial charge < -0.3 is 14.4 Å². The number of hydrogen-bond donors (Lipinski definition) is 0. The summed E-state index contributed by atoms with van der Waals surface area (Å²) in [6, 6.07) is 16.8. The van der Waals surface area contributed by atoms with E-state index in [1.807, 2.05) is 56.3 Å². The lowest BCUT2D eigenvalue weighted by molar-refractivity contribution is -0.132. The lowest BCUT2D eigenvalue weighted by Gasteiger charge is -2.09. The maximum absolute atomic E-state index is 11.9. The molecule has 6 heteroatoms. The summed E-state index contributed by atoms with van der Waals surface area (Å²) in [5.74, 6) is -0.586. The van der Waals surface area contributed by atoms with Gasteiger partial charge in [-0.25, -0.2) is 4.79 Å². The molecule has 6 nitrogen and oxygen atoms in total. The molecule has 2 rings (SSSR count). The van der Waals surface area contributed by atoms with Gasteiger partial charge in [-0.05, 0) is 5.56 Å². The molecule has 2 aromatic rings. The van der Waals surface area contributed by atoms with Gasteiger partial charge in [-0.3, -0.25) is 0 Å². The normalized spacial score (nSPS) is 10.7. The topological polar surface area (TPSA) is 69.5 Å². The van der Waals surface area contributed by atoms with Crippen molar-refractivity contribution in [3.63, 3.8) is 0 Å². The van der Waals surface area contributed by atoms with Crippen LogP contribution in [0.25, 0.3) is 0 Å². The van der Waals surface area contributed by atoms with E-state index in [0.717, 1.165) is 11.1 Å². The van der Waals surface area contributed by atoms with E-state index in [1.54, 1.807) is 18.3 Å². The molecule has 138 valence electrons. The highest BCUT2D eigenvalue weighted by molar-refractivity contribution is 6.43. The second-order valence-corrected chi connectivity index (χ2v) is 4.69. The molecule has 0 N–H and O–H groups in total. The van der Waals surface area contributed by atoms with E-state index in [0.29, 0.717) is 5.56 Å². The molecule has 0 unspecified atom stereocenters. The Bertz CT molecular complexity index is 728. The van der Waals surface area contributed by atoms with Crippen LogP contribution in [0.2, 0.25) is 0 Å². The Morgan fingerprint density at radius 3 is 2.31 bits per heavy atom. The van der Waals surface area contributed by atoms with E-state index in [9.17, 15) is 4.79 Å². The Labute approximate surface area is 154 Å². The zero-order valence-corrected chi connectivity index (χ0v) is 15.5. The monoisotopic (exact) mass is 356 g/mol. The van der Waals surface area contributed by atoms with E-state index in [4.69, 9.17) is 14.4 Å². The number of carbonyl (C=O) groups excluding carboxylic acids is 1. The van der Waals surface area contributed by atoms with Gasteiger partial charge in [0.25, 0.3) is 0 Å². The van der Waals surface area contributed by atoms with Gasteiger partial charge in [0.05, 0.1) is 13.3 Å². The van der Waals surface area contributed by atoms with Gasteiger partial charge in [-0.15, -0.1) is 0 Å². The molecule has 0 aromatic heterocycles. The summed E-state index contributed by atoms with van der Waals surface area (Å²) in [5.41, 5.74) is 2.32. The number of esters is 1. The third-order valence-electron chi connectivity index (χ3n) is 3.13. The van der Waals surface area contributed by atoms with Crippen LogP contribution in [0.4, 0.5) is 0 Å². The molecule has 2 aromatic carbocycles. The lowest BCUT2D eigenvalue weighted by Crippen LogP contribution is -2.19. The van der Waals surface area contributed by atoms with Gasteiger partial charge >= 0.3 is 5.97 Å². The summed E-state index contributed by atoms with van der Waals surface area (Å²) in [4.78, 5) is 21.9. The van der Waals surface area contributed by atoms with Crippen molar-refractivity contribution in [1.29, 1.82) is 0 Å². The molecule has 0 spiro atoms. The third-order valence-corrected chi connectivity index (χ3v) is 3.13. The highest BCUT2D eigenvalue weighted by Gasteiger charge is 2.19. The van der Waals surface area contributed by atoms with Crippen molar-refractivity contribution in [2.45, 2.75) is 20.5 Å². The van der Waals surface area contributed by atoms with Crippen LogP contribution in [0.1, 0.15) is 30.5 Å². The summed E-state index contributed by atoms with van der Waals surface area (Å²) < 4.78 is 4.74. The smallest absolute Gasteiger partial charge is 0.360 e. The standard InChI is InChI=1S/C18H18N2O4.C2H6/c1-22-18(21)17(20-23-2)16-11-7-6-10-15(16)13-24-19-12-14-8-4-3-5-9-14;1-2/h3-12H,13H2,1-2H3;1-2H3. The van der Waals surface area contributed by atoms with Crippen molar-refractivity contribution in [2.75, 3.05) is 14.2 Å². The van der Waals surface area contributed by atoms with Crippen molar-refractivity contribution < 1.29 is 19.2 Å². The number of ether oxygens (including phenoxy) is 1. The second kappa shape index (κ2) is 12.2. The fourth-order valence-corrected chi connectivity index (χ4v) is 2.01. The first kappa shape index (κ1) is 20.9. The molecule has 0 aliphatic rings. The van der Waals surface area contributed by atoms with Gasteiger partial charge in [-0.1, -0.05) is 78.8 Å². The lowest BCUT2D eigenvalue weighted by atomic mass is 10.0. The molecule has 0 radical (unpaired) electrons. The van der Waals surface area contributed by atoms with Crippen LogP contribution in [0.15, 0.2) is 64.9 Å². The Morgan fingerprint density at radius 1 is 1.00 bits per heavy atom. The maximum Gasteiger partial charge on any atom is 0.360 e. The van der Waals surface area contributed by atoms with E-state index < -0.39 is 5.97 Å². The van der Waals surface area contributed by atoms with E-state index >= 15 is 0 Å². The zero-order chi connectivity index (χ0) is 19.2. The van der Waals surface area contributed by atoms with Gasteiger partial charge in [0.15, 0.2) is 5.71 Å². The SMILES string of the molecule is CC.CON=C(C(=O)OC)c1ccccc1CON=Cc1ccccc1. The average Bonchev–Trinajstić information content (AvgIpc) is 2.71. The predicted molar refractivity (Wildman–Crippen MR) is 102 cm³/mol. The van der Waals surface area contributed by atoms with Crippen LogP contribution in [-0.2, 0) is 25.8 Å². The number of methoxy groups -OCH3 is 1. The largest absolute Gasteiger partial charge is 0.464 e. The van der Waals surface area contributed by atoms with E-state index in [2.05, 4.69) is 10.3 Å². The number of rotatable bonds is 7. The van der Waals surface area contributed by atoms with Crippen LogP contribution >= 0.6 is 0 Å². The first-order valence-corrected chi connectivity index (χ1v) is 8.24. The summed E-state index contributed by atoms with van der Waals surface area (Å²) in [5, 5.41) is 7.69. The molecule has 0 heterocycles. The third kappa shape index (κ3) is 6.39. The second-order valence-electron chi connectivity index (χ2n) is 4.69. The van der Waals surface area contributed by atoms with Gasteiger partial charge in [0, 0.05) is 11.1 Å². The van der Waals surface area contributed by atoms with Gasteiger partial charge in [-0.2, -0.15) is 0 Å². The van der Waals surface area contributed by atoms with Gasteiger partial charge in [0.1, 0.15) is 13.7 Å². The highest BCUT2D eigenvalue weighted by atomic mass is 16.6. The Hall–Kier alpha value is -3.15. The Kier molecular flexibility index (Phi) is 9.84. The molecule has 0 aliphatic heterocycles. The minimum absolute atomic E-state index is 0.0752. The molecule has 0 fully saturated rings. The fourth-order valence-electron chi connectivity index (χ4n) is 2.01. The van der Waals surface area contributed by atoms with Crippen LogP contribution in [-0.4, -0.2) is 32.1 Å². The Morgan fingerprint density at radius 2 is 1.65 bits per heavy atom. The maximum atomic E-state index is 11.9. The number of hydrogen-bond acceptors (Lipinski definition) is 6. The van der Waals surface area contributed by atoms with Crippen LogP contribution in [0.3, 0.4) is 0 Å². The van der Waals surface area contributed by atoms with Crippen molar-refractivity contribution in [3.05, 3.63) is 71.3 Å². The molecule has 0 aliphatic carbocycles. The first-order valence-electron chi connectivity index (χ1n) is 8.24. The highest BCUT2D eigenvalue weighted by Crippen LogP contribution is 2.13. The molecule has 26 heavy (non-hydrogen) atoms. The molecular formula is C20H24N2O4. The van der Waals surface area contributed by atoms with Crippen LogP contribution < -0.4 is 0 Å². The average molecular weight is 356 g/mol. The van der Waals surface area contributed by atoms with E-state index in [-0.39, 0.29) is 12.3 Å². The van der Waals surface area contributed by atoms with Crippen molar-refractivity contribution in [2.24, 2.45) is 10.3 Å².